The van der Waals surface area contributed by atoms with Gasteiger partial charge in [0.15, 0.2) is 5.69 Å². The van der Waals surface area contributed by atoms with E-state index in [1.165, 1.54) is 6.42 Å². The second-order valence-electron chi connectivity index (χ2n) is 6.60. The molecule has 5 heteroatoms. The molecule has 1 fully saturated rings. The largest absolute Gasteiger partial charge is 0.375 e. The van der Waals surface area contributed by atoms with Crippen molar-refractivity contribution in [1.29, 1.82) is 0 Å². The molecule has 124 valence electrons. The number of morpholine rings is 1. The van der Waals surface area contributed by atoms with E-state index in [1.54, 1.807) is 0 Å². The molecule has 0 bridgehead atoms. The Morgan fingerprint density at radius 3 is 2.91 bits per heavy atom. The Hall–Kier alpha value is -1.36. The van der Waals surface area contributed by atoms with Crippen LogP contribution in [0.25, 0.3) is 0 Å². The van der Waals surface area contributed by atoms with Crippen LogP contribution in [-0.2, 0) is 11.2 Å². The molecule has 2 heterocycles. The molecule has 1 aliphatic heterocycles. The van der Waals surface area contributed by atoms with Crippen molar-refractivity contribution >= 4 is 5.91 Å². The molecule has 0 radical (unpaired) electrons. The van der Waals surface area contributed by atoms with E-state index < -0.39 is 0 Å². The van der Waals surface area contributed by atoms with Crippen LogP contribution in [0.4, 0.5) is 0 Å². The molecule has 22 heavy (non-hydrogen) atoms. The lowest BCUT2D eigenvalue weighted by Crippen LogP contribution is -2.45. The average molecular weight is 307 g/mol. The van der Waals surface area contributed by atoms with E-state index in [4.69, 9.17) is 4.74 Å². The van der Waals surface area contributed by atoms with E-state index >= 15 is 0 Å². The number of aryl methyl sites for hydroxylation is 1. The lowest BCUT2D eigenvalue weighted by molar-refractivity contribution is -0.0262. The van der Waals surface area contributed by atoms with E-state index in [0.717, 1.165) is 36.4 Å². The maximum Gasteiger partial charge on any atom is 0.274 e. The van der Waals surface area contributed by atoms with Gasteiger partial charge in [-0.1, -0.05) is 33.6 Å². The molecular formula is C17H29N3O2. The van der Waals surface area contributed by atoms with E-state index in [9.17, 15) is 4.79 Å². The summed E-state index contributed by atoms with van der Waals surface area (Å²) in [6, 6.07) is 0. The van der Waals surface area contributed by atoms with Gasteiger partial charge in [0.2, 0.25) is 0 Å². The lowest BCUT2D eigenvalue weighted by atomic mass is 10.0. The fraction of sp³-hybridized carbons (Fsp3) is 0.765. The number of nitrogens with one attached hydrogen (secondary N) is 1. The highest BCUT2D eigenvalue weighted by atomic mass is 16.5. The van der Waals surface area contributed by atoms with Crippen LogP contribution in [0, 0.1) is 12.8 Å². The number of ether oxygens (including phenoxy) is 1. The van der Waals surface area contributed by atoms with Gasteiger partial charge in [-0.2, -0.15) is 5.10 Å². The first-order valence-electron chi connectivity index (χ1n) is 8.47. The van der Waals surface area contributed by atoms with Crippen molar-refractivity contribution in [1.82, 2.24) is 15.1 Å². The molecule has 1 amide bonds. The maximum atomic E-state index is 12.7. The summed E-state index contributed by atoms with van der Waals surface area (Å²) < 4.78 is 5.81. The third-order valence-corrected chi connectivity index (χ3v) is 4.40. The van der Waals surface area contributed by atoms with Crippen molar-refractivity contribution in [2.45, 2.75) is 59.5 Å². The summed E-state index contributed by atoms with van der Waals surface area (Å²) in [5.74, 6) is 0.756. The summed E-state index contributed by atoms with van der Waals surface area (Å²) in [6.07, 6.45) is 4.44. The number of aromatic nitrogens is 2. The number of hydrogen-bond donors (Lipinski definition) is 1. The van der Waals surface area contributed by atoms with Gasteiger partial charge in [-0.3, -0.25) is 9.89 Å². The summed E-state index contributed by atoms with van der Waals surface area (Å²) in [5.41, 5.74) is 2.60. The molecule has 0 aliphatic carbocycles. The Balaban J connectivity index is 1.93. The molecular weight excluding hydrogens is 278 g/mol. The number of hydrogen-bond acceptors (Lipinski definition) is 3. The Morgan fingerprint density at radius 1 is 1.50 bits per heavy atom. The third kappa shape index (κ3) is 4.09. The van der Waals surface area contributed by atoms with Crippen LogP contribution < -0.4 is 0 Å². The molecule has 5 nitrogen and oxygen atoms in total. The summed E-state index contributed by atoms with van der Waals surface area (Å²) in [4.78, 5) is 14.6. The number of amides is 1. The molecule has 1 aromatic rings. The number of H-pyrrole nitrogens is 1. The van der Waals surface area contributed by atoms with Crippen molar-refractivity contribution in [2.75, 3.05) is 19.7 Å². The van der Waals surface area contributed by atoms with Crippen molar-refractivity contribution in [3.05, 3.63) is 17.0 Å². The minimum atomic E-state index is 0.0330. The fourth-order valence-corrected chi connectivity index (χ4v) is 2.97. The van der Waals surface area contributed by atoms with Gasteiger partial charge in [0.05, 0.1) is 12.7 Å². The van der Waals surface area contributed by atoms with Gasteiger partial charge in [-0.05, 0) is 25.7 Å². The van der Waals surface area contributed by atoms with Crippen LogP contribution in [-0.4, -0.2) is 46.8 Å². The van der Waals surface area contributed by atoms with Gasteiger partial charge >= 0.3 is 0 Å². The van der Waals surface area contributed by atoms with Crippen LogP contribution in [0.3, 0.4) is 0 Å². The molecule has 1 atom stereocenters. The van der Waals surface area contributed by atoms with Crippen LogP contribution in [0.5, 0.6) is 0 Å². The van der Waals surface area contributed by atoms with Gasteiger partial charge < -0.3 is 9.64 Å². The maximum absolute atomic E-state index is 12.7. The summed E-state index contributed by atoms with van der Waals surface area (Å²) >= 11 is 0. The van der Waals surface area contributed by atoms with Crippen molar-refractivity contribution < 1.29 is 9.53 Å². The number of aromatic amines is 1. The smallest absolute Gasteiger partial charge is 0.274 e. The first-order chi connectivity index (χ1) is 10.5. The van der Waals surface area contributed by atoms with Crippen molar-refractivity contribution in [3.8, 4) is 0 Å². The predicted octanol–water partition coefficient (Wildman–Crippen LogP) is 2.95. The topological polar surface area (TPSA) is 58.2 Å². The number of carbonyl (C=O) groups excluding carboxylic acids is 1. The second-order valence-corrected chi connectivity index (χ2v) is 6.60. The molecule has 0 unspecified atom stereocenters. The Bertz CT molecular complexity index is 496. The first-order valence-corrected chi connectivity index (χ1v) is 8.47. The second kappa shape index (κ2) is 7.77. The summed E-state index contributed by atoms with van der Waals surface area (Å²) in [7, 11) is 0. The quantitative estimate of drug-likeness (QED) is 0.879. The molecule has 1 saturated heterocycles. The minimum absolute atomic E-state index is 0.0330. The Labute approximate surface area is 133 Å². The zero-order valence-electron chi connectivity index (χ0n) is 14.3. The number of rotatable bonds is 6. The molecule has 1 aliphatic rings. The third-order valence-electron chi connectivity index (χ3n) is 4.40. The van der Waals surface area contributed by atoms with Gasteiger partial charge in [-0.25, -0.2) is 0 Å². The fourth-order valence-electron chi connectivity index (χ4n) is 2.97. The van der Waals surface area contributed by atoms with Gasteiger partial charge in [0, 0.05) is 24.3 Å². The number of carbonyl (C=O) groups is 1. The standard InChI is InChI=1S/C17H29N3O2/c1-5-15-13(4)16(19-18-15)17(21)20-9-10-22-14(11-20)8-6-7-12(2)3/h12,14H,5-11H2,1-4H3,(H,18,19)/t14-/m0/s1. The molecule has 0 saturated carbocycles. The van der Waals surface area contributed by atoms with E-state index in [1.807, 2.05) is 11.8 Å². The predicted molar refractivity (Wildman–Crippen MR) is 87.0 cm³/mol. The van der Waals surface area contributed by atoms with E-state index in [0.29, 0.717) is 25.4 Å². The minimum Gasteiger partial charge on any atom is -0.375 e. The van der Waals surface area contributed by atoms with Gasteiger partial charge in [0.25, 0.3) is 5.91 Å². The summed E-state index contributed by atoms with van der Waals surface area (Å²) in [6.45, 7) is 10.5. The lowest BCUT2D eigenvalue weighted by Gasteiger charge is -2.33. The van der Waals surface area contributed by atoms with E-state index in [2.05, 4.69) is 31.0 Å². The normalized spacial score (nSPS) is 19.0. The Morgan fingerprint density at radius 2 is 2.27 bits per heavy atom. The van der Waals surface area contributed by atoms with Crippen LogP contribution in [0.2, 0.25) is 0 Å². The van der Waals surface area contributed by atoms with Crippen LogP contribution in [0.1, 0.15) is 61.8 Å². The van der Waals surface area contributed by atoms with Crippen molar-refractivity contribution in [3.63, 3.8) is 0 Å². The molecule has 2 rings (SSSR count). The monoisotopic (exact) mass is 307 g/mol. The zero-order chi connectivity index (χ0) is 16.1. The first kappa shape index (κ1) is 17.0. The SMILES string of the molecule is CCc1[nH]nc(C(=O)N2CCO[C@@H](CCCC(C)C)C2)c1C. The summed E-state index contributed by atoms with van der Waals surface area (Å²) in [5, 5.41) is 7.19. The molecule has 0 aromatic carbocycles. The van der Waals surface area contributed by atoms with Crippen LogP contribution >= 0.6 is 0 Å². The molecule has 1 aromatic heterocycles. The van der Waals surface area contributed by atoms with Gasteiger partial charge in [-0.15, -0.1) is 0 Å². The Kier molecular flexibility index (Phi) is 6.00. The highest BCUT2D eigenvalue weighted by Gasteiger charge is 2.27. The number of nitrogens with zero attached hydrogens (tertiary/aromatic N) is 2. The van der Waals surface area contributed by atoms with Gasteiger partial charge in [0.1, 0.15) is 0 Å². The highest BCUT2D eigenvalue weighted by molar-refractivity contribution is 5.94. The van der Waals surface area contributed by atoms with E-state index in [-0.39, 0.29) is 12.0 Å². The van der Waals surface area contributed by atoms with Crippen molar-refractivity contribution in [2.24, 2.45) is 5.92 Å². The average Bonchev–Trinajstić information content (AvgIpc) is 2.87. The zero-order valence-corrected chi connectivity index (χ0v) is 14.3. The van der Waals surface area contributed by atoms with Crippen LogP contribution in [0.15, 0.2) is 0 Å². The molecule has 1 N–H and O–H groups in total. The molecule has 0 spiro atoms. The highest BCUT2D eigenvalue weighted by Crippen LogP contribution is 2.18.